The lowest BCUT2D eigenvalue weighted by Crippen LogP contribution is -2.25. The smallest absolute Gasteiger partial charge is 0.122 e. The van der Waals surface area contributed by atoms with Gasteiger partial charge in [0.2, 0.25) is 0 Å². The lowest BCUT2D eigenvalue weighted by Gasteiger charge is -2.21. The van der Waals surface area contributed by atoms with Gasteiger partial charge in [0.1, 0.15) is 18.1 Å². The van der Waals surface area contributed by atoms with Crippen LogP contribution in [0.3, 0.4) is 0 Å². The van der Waals surface area contributed by atoms with Crippen LogP contribution in [0, 0.1) is 0 Å². The minimum Gasteiger partial charge on any atom is -0.497 e. The number of aliphatic hydroxyl groups is 1. The Bertz CT molecular complexity index is 309. The minimum atomic E-state index is -0.389. The molecule has 1 heterocycles. The molecule has 0 aliphatic carbocycles. The molecular formula is C10H12O3. The number of methoxy groups -OCH3 is 1. The molecule has 0 aromatic heterocycles. The Balaban J connectivity index is 2.32. The molecule has 1 aliphatic heterocycles. The lowest BCUT2D eigenvalue weighted by molar-refractivity contribution is 0.0920. The first kappa shape index (κ1) is 8.38. The van der Waals surface area contributed by atoms with Crippen LogP contribution >= 0.6 is 0 Å². The van der Waals surface area contributed by atoms with Crippen LogP contribution < -0.4 is 9.47 Å². The number of ether oxygens (including phenoxy) is 2. The maximum Gasteiger partial charge on any atom is 0.122 e. The summed E-state index contributed by atoms with van der Waals surface area (Å²) < 4.78 is 10.4. The normalized spacial score (nSPS) is 20.3. The summed E-state index contributed by atoms with van der Waals surface area (Å²) in [6, 6.07) is 5.63. The molecule has 1 unspecified atom stereocenters. The van der Waals surface area contributed by atoms with Gasteiger partial charge >= 0.3 is 0 Å². The monoisotopic (exact) mass is 180 g/mol. The van der Waals surface area contributed by atoms with Crippen molar-refractivity contribution in [1.29, 1.82) is 0 Å². The first-order chi connectivity index (χ1) is 6.29. The van der Waals surface area contributed by atoms with Crippen molar-refractivity contribution in [3.63, 3.8) is 0 Å². The highest BCUT2D eigenvalue weighted by Gasteiger charge is 2.17. The second kappa shape index (κ2) is 3.26. The molecule has 1 aromatic carbocycles. The van der Waals surface area contributed by atoms with E-state index in [1.807, 2.05) is 18.2 Å². The molecule has 1 atom stereocenters. The van der Waals surface area contributed by atoms with Crippen LogP contribution in [-0.2, 0) is 6.42 Å². The van der Waals surface area contributed by atoms with E-state index in [9.17, 15) is 5.11 Å². The number of benzene rings is 1. The van der Waals surface area contributed by atoms with Crippen molar-refractivity contribution >= 4 is 0 Å². The molecule has 70 valence electrons. The largest absolute Gasteiger partial charge is 0.497 e. The molecule has 0 bridgehead atoms. The summed E-state index contributed by atoms with van der Waals surface area (Å²) in [6.07, 6.45) is 0.256. The highest BCUT2D eigenvalue weighted by atomic mass is 16.5. The predicted molar refractivity (Wildman–Crippen MR) is 48.2 cm³/mol. The van der Waals surface area contributed by atoms with E-state index < -0.39 is 0 Å². The van der Waals surface area contributed by atoms with Gasteiger partial charge in [0.15, 0.2) is 0 Å². The maximum atomic E-state index is 9.35. The Kier molecular flexibility index (Phi) is 2.10. The Morgan fingerprint density at radius 2 is 2.38 bits per heavy atom. The molecule has 3 heteroatoms. The molecule has 0 radical (unpaired) electrons. The summed E-state index contributed by atoms with van der Waals surface area (Å²) in [5, 5.41) is 9.35. The molecule has 0 saturated carbocycles. The van der Waals surface area contributed by atoms with E-state index >= 15 is 0 Å². The van der Waals surface area contributed by atoms with E-state index in [0.29, 0.717) is 13.0 Å². The van der Waals surface area contributed by atoms with Gasteiger partial charge in [0.05, 0.1) is 13.2 Å². The SMILES string of the molecule is COc1ccc2c(c1)CC(O)CO2. The van der Waals surface area contributed by atoms with Gasteiger partial charge < -0.3 is 14.6 Å². The summed E-state index contributed by atoms with van der Waals surface area (Å²) in [5.41, 5.74) is 1.01. The minimum absolute atomic E-state index is 0.388. The number of aliphatic hydroxyl groups excluding tert-OH is 1. The van der Waals surface area contributed by atoms with Crippen LogP contribution in [0.1, 0.15) is 5.56 Å². The highest BCUT2D eigenvalue weighted by Crippen LogP contribution is 2.28. The van der Waals surface area contributed by atoms with Crippen molar-refractivity contribution in [1.82, 2.24) is 0 Å². The van der Waals surface area contributed by atoms with Gasteiger partial charge in [0, 0.05) is 12.0 Å². The fourth-order valence-corrected chi connectivity index (χ4v) is 1.48. The molecular weight excluding hydrogens is 168 g/mol. The van der Waals surface area contributed by atoms with Crippen molar-refractivity contribution in [3.8, 4) is 11.5 Å². The summed E-state index contributed by atoms with van der Waals surface area (Å²) in [4.78, 5) is 0. The van der Waals surface area contributed by atoms with Crippen LogP contribution in [0.5, 0.6) is 11.5 Å². The van der Waals surface area contributed by atoms with E-state index in [0.717, 1.165) is 17.1 Å². The Morgan fingerprint density at radius 1 is 1.54 bits per heavy atom. The summed E-state index contributed by atoms with van der Waals surface area (Å²) >= 11 is 0. The lowest BCUT2D eigenvalue weighted by atomic mass is 10.0. The van der Waals surface area contributed by atoms with Gasteiger partial charge in [-0.2, -0.15) is 0 Å². The fourth-order valence-electron chi connectivity index (χ4n) is 1.48. The summed E-state index contributed by atoms with van der Waals surface area (Å²) in [5.74, 6) is 1.66. The standard InChI is InChI=1S/C10H12O3/c1-12-9-2-3-10-7(5-9)4-8(11)6-13-10/h2-3,5,8,11H,4,6H2,1H3. The van der Waals surface area contributed by atoms with E-state index in [-0.39, 0.29) is 6.10 Å². The van der Waals surface area contributed by atoms with Gasteiger partial charge in [-0.15, -0.1) is 0 Å². The first-order valence-corrected chi connectivity index (χ1v) is 4.27. The fraction of sp³-hybridized carbons (Fsp3) is 0.400. The molecule has 2 rings (SSSR count). The van der Waals surface area contributed by atoms with Crippen LogP contribution in [0.4, 0.5) is 0 Å². The van der Waals surface area contributed by atoms with Gasteiger partial charge in [-0.25, -0.2) is 0 Å². The average molecular weight is 180 g/mol. The van der Waals surface area contributed by atoms with Crippen LogP contribution in [-0.4, -0.2) is 24.9 Å². The van der Waals surface area contributed by atoms with Gasteiger partial charge in [0.25, 0.3) is 0 Å². The van der Waals surface area contributed by atoms with Crippen LogP contribution in [0.15, 0.2) is 18.2 Å². The molecule has 1 N–H and O–H groups in total. The Labute approximate surface area is 76.9 Å². The second-order valence-corrected chi connectivity index (χ2v) is 3.14. The zero-order valence-corrected chi connectivity index (χ0v) is 7.49. The van der Waals surface area contributed by atoms with Crippen LogP contribution in [0.2, 0.25) is 0 Å². The van der Waals surface area contributed by atoms with E-state index in [1.165, 1.54) is 0 Å². The number of rotatable bonds is 1. The average Bonchev–Trinajstić information content (AvgIpc) is 2.16. The van der Waals surface area contributed by atoms with Crippen molar-refractivity contribution < 1.29 is 14.6 Å². The summed E-state index contributed by atoms with van der Waals surface area (Å²) in [7, 11) is 1.63. The van der Waals surface area contributed by atoms with Crippen molar-refractivity contribution in [2.24, 2.45) is 0 Å². The predicted octanol–water partition coefficient (Wildman–Crippen LogP) is 0.991. The zero-order chi connectivity index (χ0) is 9.26. The first-order valence-electron chi connectivity index (χ1n) is 4.27. The van der Waals surface area contributed by atoms with Gasteiger partial charge in [-0.05, 0) is 18.2 Å². The van der Waals surface area contributed by atoms with Crippen molar-refractivity contribution in [2.75, 3.05) is 13.7 Å². The third kappa shape index (κ3) is 1.60. The Hall–Kier alpha value is -1.22. The van der Waals surface area contributed by atoms with Gasteiger partial charge in [-0.1, -0.05) is 0 Å². The van der Waals surface area contributed by atoms with Crippen LogP contribution in [0.25, 0.3) is 0 Å². The molecule has 0 amide bonds. The van der Waals surface area contributed by atoms with E-state index in [2.05, 4.69) is 0 Å². The van der Waals surface area contributed by atoms with Gasteiger partial charge in [-0.3, -0.25) is 0 Å². The third-order valence-corrected chi connectivity index (χ3v) is 2.15. The third-order valence-electron chi connectivity index (χ3n) is 2.15. The highest BCUT2D eigenvalue weighted by molar-refractivity contribution is 5.41. The van der Waals surface area contributed by atoms with Crippen molar-refractivity contribution in [2.45, 2.75) is 12.5 Å². The van der Waals surface area contributed by atoms with E-state index in [1.54, 1.807) is 7.11 Å². The zero-order valence-electron chi connectivity index (χ0n) is 7.49. The molecule has 13 heavy (non-hydrogen) atoms. The number of hydrogen-bond acceptors (Lipinski definition) is 3. The topological polar surface area (TPSA) is 38.7 Å². The molecule has 0 fully saturated rings. The molecule has 3 nitrogen and oxygen atoms in total. The molecule has 0 saturated heterocycles. The Morgan fingerprint density at radius 3 is 3.15 bits per heavy atom. The number of fused-ring (bicyclic) bond motifs is 1. The van der Waals surface area contributed by atoms with E-state index in [4.69, 9.17) is 9.47 Å². The second-order valence-electron chi connectivity index (χ2n) is 3.14. The summed E-state index contributed by atoms with van der Waals surface area (Å²) in [6.45, 7) is 0.388. The maximum absolute atomic E-state index is 9.35. The number of hydrogen-bond donors (Lipinski definition) is 1. The molecule has 1 aromatic rings. The molecule has 1 aliphatic rings. The quantitative estimate of drug-likeness (QED) is 0.700. The van der Waals surface area contributed by atoms with Crippen molar-refractivity contribution in [3.05, 3.63) is 23.8 Å². The molecule has 0 spiro atoms.